The minimum Gasteiger partial charge on any atom is -0.478 e. The highest BCUT2D eigenvalue weighted by Crippen LogP contribution is 2.25. The van der Waals surface area contributed by atoms with E-state index in [1.54, 1.807) is 6.08 Å². The average Bonchev–Trinajstić information content (AvgIpc) is 2.29. The second-order valence-corrected chi connectivity index (χ2v) is 7.02. The molecule has 96 valence electrons. The Kier molecular flexibility index (Phi) is 3.53. The van der Waals surface area contributed by atoms with Gasteiger partial charge in [0.25, 0.3) is 0 Å². The third-order valence-corrected chi connectivity index (χ3v) is 5.25. The van der Waals surface area contributed by atoms with Gasteiger partial charge in [0.15, 0.2) is 0 Å². The van der Waals surface area contributed by atoms with Gasteiger partial charge in [-0.1, -0.05) is 6.08 Å². The van der Waals surface area contributed by atoms with Crippen LogP contribution in [0.1, 0.15) is 19.3 Å². The number of rotatable bonds is 2. The Labute approximate surface area is 101 Å². The average molecular weight is 259 g/mol. The van der Waals surface area contributed by atoms with E-state index in [-0.39, 0.29) is 23.5 Å². The number of aliphatic carboxylic acids is 1. The highest BCUT2D eigenvalue weighted by Gasteiger charge is 2.30. The van der Waals surface area contributed by atoms with E-state index in [1.807, 2.05) is 0 Å². The van der Waals surface area contributed by atoms with Crippen LogP contribution < -0.4 is 5.32 Å². The van der Waals surface area contributed by atoms with E-state index >= 15 is 0 Å². The molecule has 1 fully saturated rings. The molecule has 6 heteroatoms. The number of carboxylic acids is 1. The van der Waals surface area contributed by atoms with Crippen molar-refractivity contribution < 1.29 is 18.3 Å². The molecule has 1 unspecified atom stereocenters. The molecule has 2 N–H and O–H groups in total. The van der Waals surface area contributed by atoms with Crippen molar-refractivity contribution in [2.75, 3.05) is 18.1 Å². The van der Waals surface area contributed by atoms with Crippen LogP contribution in [0.25, 0.3) is 0 Å². The standard InChI is InChI=1S/C11H17NO4S/c13-11(14)9-1-4-12-10(7-9)8-2-5-17(15,16)6-3-8/h7-8,10,12H,1-6H2,(H,13,14). The molecule has 0 bridgehead atoms. The van der Waals surface area contributed by atoms with Crippen LogP contribution in [0, 0.1) is 5.92 Å². The molecule has 1 atom stereocenters. The molecule has 0 aromatic heterocycles. The minimum absolute atomic E-state index is 0.0188. The highest BCUT2D eigenvalue weighted by molar-refractivity contribution is 7.91. The molecular weight excluding hydrogens is 242 g/mol. The molecule has 0 aromatic rings. The molecule has 2 heterocycles. The Morgan fingerprint density at radius 2 is 2.00 bits per heavy atom. The summed E-state index contributed by atoms with van der Waals surface area (Å²) in [5, 5.41) is 12.2. The van der Waals surface area contributed by atoms with Gasteiger partial charge in [-0.05, 0) is 31.7 Å². The first kappa shape index (κ1) is 12.6. The molecule has 0 spiro atoms. The molecule has 2 aliphatic rings. The topological polar surface area (TPSA) is 83.5 Å². The predicted molar refractivity (Wildman–Crippen MR) is 63.5 cm³/mol. The third-order valence-electron chi connectivity index (χ3n) is 3.54. The summed E-state index contributed by atoms with van der Waals surface area (Å²) in [6.07, 6.45) is 3.55. The lowest BCUT2D eigenvalue weighted by Gasteiger charge is -2.31. The van der Waals surface area contributed by atoms with Crippen molar-refractivity contribution in [2.45, 2.75) is 25.3 Å². The number of hydrogen-bond donors (Lipinski definition) is 2. The van der Waals surface area contributed by atoms with Crippen molar-refractivity contribution in [1.29, 1.82) is 0 Å². The molecule has 0 radical (unpaired) electrons. The Morgan fingerprint density at radius 3 is 2.59 bits per heavy atom. The molecule has 0 amide bonds. The van der Waals surface area contributed by atoms with Crippen molar-refractivity contribution in [1.82, 2.24) is 5.32 Å². The van der Waals surface area contributed by atoms with Crippen LogP contribution in [-0.4, -0.2) is 43.6 Å². The first-order valence-electron chi connectivity index (χ1n) is 5.86. The van der Waals surface area contributed by atoms with Gasteiger partial charge in [-0.15, -0.1) is 0 Å². The van der Waals surface area contributed by atoms with E-state index in [4.69, 9.17) is 5.11 Å². The molecule has 1 saturated heterocycles. The second-order valence-electron chi connectivity index (χ2n) is 4.72. The van der Waals surface area contributed by atoms with E-state index in [0.717, 1.165) is 0 Å². The zero-order valence-electron chi connectivity index (χ0n) is 9.55. The van der Waals surface area contributed by atoms with Crippen LogP contribution >= 0.6 is 0 Å². The van der Waals surface area contributed by atoms with Crippen LogP contribution in [-0.2, 0) is 14.6 Å². The van der Waals surface area contributed by atoms with E-state index in [2.05, 4.69) is 5.32 Å². The molecule has 5 nitrogen and oxygen atoms in total. The second kappa shape index (κ2) is 4.78. The maximum Gasteiger partial charge on any atom is 0.331 e. The Morgan fingerprint density at radius 1 is 1.35 bits per heavy atom. The summed E-state index contributed by atoms with van der Waals surface area (Å²) in [5.74, 6) is -0.161. The largest absolute Gasteiger partial charge is 0.478 e. The molecule has 17 heavy (non-hydrogen) atoms. The summed E-state index contributed by atoms with van der Waals surface area (Å²) in [6.45, 7) is 0.659. The zero-order chi connectivity index (χ0) is 12.5. The third kappa shape index (κ3) is 3.07. The van der Waals surface area contributed by atoms with Crippen LogP contribution in [0.3, 0.4) is 0 Å². The fourth-order valence-electron chi connectivity index (χ4n) is 2.48. The maximum atomic E-state index is 11.3. The minimum atomic E-state index is -2.85. The van der Waals surface area contributed by atoms with Crippen LogP contribution in [0.2, 0.25) is 0 Å². The summed E-state index contributed by atoms with van der Waals surface area (Å²) in [5.41, 5.74) is 0.446. The SMILES string of the molecule is O=C(O)C1=CC(C2CCS(=O)(=O)CC2)NCC1. The predicted octanol–water partition coefficient (Wildman–Crippen LogP) is 0.184. The molecule has 2 aliphatic heterocycles. The zero-order valence-corrected chi connectivity index (χ0v) is 10.4. The smallest absolute Gasteiger partial charge is 0.331 e. The molecule has 2 rings (SSSR count). The van der Waals surface area contributed by atoms with Crippen molar-refractivity contribution in [3.05, 3.63) is 11.6 Å². The van der Waals surface area contributed by atoms with Gasteiger partial charge in [-0.25, -0.2) is 13.2 Å². The quantitative estimate of drug-likeness (QED) is 0.739. The van der Waals surface area contributed by atoms with Crippen molar-refractivity contribution >= 4 is 15.8 Å². The van der Waals surface area contributed by atoms with Gasteiger partial charge in [0, 0.05) is 11.6 Å². The Bertz CT molecular complexity index is 426. The lowest BCUT2D eigenvalue weighted by atomic mass is 9.89. The molecule has 0 aromatic carbocycles. The monoisotopic (exact) mass is 259 g/mol. The van der Waals surface area contributed by atoms with E-state index < -0.39 is 15.8 Å². The summed E-state index contributed by atoms with van der Waals surface area (Å²) >= 11 is 0. The molecular formula is C11H17NO4S. The van der Waals surface area contributed by atoms with Gasteiger partial charge in [-0.3, -0.25) is 0 Å². The maximum absolute atomic E-state index is 11.3. The van der Waals surface area contributed by atoms with Gasteiger partial charge in [0.05, 0.1) is 11.5 Å². The van der Waals surface area contributed by atoms with Crippen LogP contribution in [0.4, 0.5) is 0 Å². The molecule has 0 saturated carbocycles. The van der Waals surface area contributed by atoms with Gasteiger partial charge >= 0.3 is 5.97 Å². The highest BCUT2D eigenvalue weighted by atomic mass is 32.2. The summed E-state index contributed by atoms with van der Waals surface area (Å²) in [7, 11) is -2.85. The van der Waals surface area contributed by atoms with E-state index in [9.17, 15) is 13.2 Å². The lowest BCUT2D eigenvalue weighted by molar-refractivity contribution is -0.132. The Hall–Kier alpha value is -0.880. The first-order chi connectivity index (χ1) is 7.98. The number of nitrogens with one attached hydrogen (secondary N) is 1. The fourth-order valence-corrected chi connectivity index (χ4v) is 4.01. The van der Waals surface area contributed by atoms with Crippen LogP contribution in [0.15, 0.2) is 11.6 Å². The van der Waals surface area contributed by atoms with E-state index in [1.165, 1.54) is 0 Å². The summed E-state index contributed by atoms with van der Waals surface area (Å²) in [6, 6.07) is 0.0188. The number of carbonyl (C=O) groups is 1. The van der Waals surface area contributed by atoms with Crippen molar-refractivity contribution in [3.63, 3.8) is 0 Å². The normalized spacial score (nSPS) is 29.6. The van der Waals surface area contributed by atoms with Gasteiger partial charge in [0.1, 0.15) is 9.84 Å². The summed E-state index contributed by atoms with van der Waals surface area (Å²) in [4.78, 5) is 10.9. The summed E-state index contributed by atoms with van der Waals surface area (Å²) < 4.78 is 22.6. The number of sulfone groups is 1. The van der Waals surface area contributed by atoms with Gasteiger partial charge < -0.3 is 10.4 Å². The number of carboxylic acid groups (broad SMARTS) is 1. The van der Waals surface area contributed by atoms with Gasteiger partial charge in [0.2, 0.25) is 0 Å². The number of hydrogen-bond acceptors (Lipinski definition) is 4. The van der Waals surface area contributed by atoms with Gasteiger partial charge in [-0.2, -0.15) is 0 Å². The van der Waals surface area contributed by atoms with Crippen LogP contribution in [0.5, 0.6) is 0 Å². The Balaban J connectivity index is 2.04. The van der Waals surface area contributed by atoms with Crippen molar-refractivity contribution in [2.24, 2.45) is 5.92 Å². The first-order valence-corrected chi connectivity index (χ1v) is 7.68. The lowest BCUT2D eigenvalue weighted by Crippen LogP contribution is -2.42. The fraction of sp³-hybridized carbons (Fsp3) is 0.727. The van der Waals surface area contributed by atoms with E-state index in [0.29, 0.717) is 31.4 Å². The molecule has 0 aliphatic carbocycles. The van der Waals surface area contributed by atoms with Crippen molar-refractivity contribution in [3.8, 4) is 0 Å².